The lowest BCUT2D eigenvalue weighted by Crippen LogP contribution is -2.16. The lowest BCUT2D eigenvalue weighted by Gasteiger charge is -2.14. The highest BCUT2D eigenvalue weighted by Crippen LogP contribution is 2.41. The second kappa shape index (κ2) is 7.14. The Labute approximate surface area is 173 Å². The molecule has 4 heterocycles. The third kappa shape index (κ3) is 2.83. The van der Waals surface area contributed by atoms with Gasteiger partial charge in [0.1, 0.15) is 11.3 Å². The van der Waals surface area contributed by atoms with E-state index in [0.29, 0.717) is 23.8 Å². The standard InChI is InChI=1S/C22H23N5O3/c1-13-14(6-4-7-16(13)29-3)15-12-27-19(18(15)17-8-5-11-30-17)22(28)24-20(25-27)21-23-9-10-26(21)2/h4,6-7,9-10,12,17H,5,8,11H2,1-3H3,(H,24,25,28). The number of aromatic amines is 1. The summed E-state index contributed by atoms with van der Waals surface area (Å²) in [6.45, 7) is 2.71. The number of aromatic nitrogens is 5. The molecule has 1 N–H and O–H groups in total. The Hall–Kier alpha value is -3.39. The first-order valence-electron chi connectivity index (χ1n) is 9.97. The lowest BCUT2D eigenvalue weighted by molar-refractivity contribution is 0.113. The topological polar surface area (TPSA) is 86.4 Å². The minimum Gasteiger partial charge on any atom is -0.496 e. The molecule has 0 radical (unpaired) electrons. The van der Waals surface area contributed by atoms with Gasteiger partial charge in [-0.3, -0.25) is 4.79 Å². The number of imidazole rings is 1. The molecule has 0 saturated carbocycles. The molecule has 1 unspecified atom stereocenters. The summed E-state index contributed by atoms with van der Waals surface area (Å²) in [5, 5.41) is 4.68. The van der Waals surface area contributed by atoms with Crippen LogP contribution in [0.15, 0.2) is 41.6 Å². The van der Waals surface area contributed by atoms with Crippen LogP contribution in [0, 0.1) is 6.92 Å². The molecule has 8 heteroatoms. The molecular formula is C22H23N5O3. The Kier molecular flexibility index (Phi) is 4.43. The van der Waals surface area contributed by atoms with Gasteiger partial charge in [-0.25, -0.2) is 9.50 Å². The molecule has 154 valence electrons. The normalized spacial score (nSPS) is 16.4. The summed E-state index contributed by atoms with van der Waals surface area (Å²) in [6.07, 6.45) is 7.11. The number of benzene rings is 1. The van der Waals surface area contributed by atoms with E-state index in [4.69, 9.17) is 9.47 Å². The Morgan fingerprint density at radius 1 is 1.30 bits per heavy atom. The van der Waals surface area contributed by atoms with E-state index in [2.05, 4.69) is 15.1 Å². The molecule has 0 spiro atoms. The summed E-state index contributed by atoms with van der Waals surface area (Å²) in [7, 11) is 3.53. The van der Waals surface area contributed by atoms with Crippen molar-refractivity contribution in [2.75, 3.05) is 13.7 Å². The maximum Gasteiger partial charge on any atom is 0.276 e. The first-order valence-corrected chi connectivity index (χ1v) is 9.97. The average Bonchev–Trinajstić information content (AvgIpc) is 3.47. The van der Waals surface area contributed by atoms with Gasteiger partial charge in [0, 0.05) is 43.4 Å². The van der Waals surface area contributed by atoms with Crippen molar-refractivity contribution in [2.24, 2.45) is 7.05 Å². The van der Waals surface area contributed by atoms with Crippen LogP contribution in [0.25, 0.3) is 28.3 Å². The van der Waals surface area contributed by atoms with Crippen molar-refractivity contribution in [3.8, 4) is 28.5 Å². The van der Waals surface area contributed by atoms with Gasteiger partial charge in [0.05, 0.1) is 13.2 Å². The van der Waals surface area contributed by atoms with E-state index in [9.17, 15) is 4.79 Å². The maximum atomic E-state index is 13.2. The second-order valence-corrected chi connectivity index (χ2v) is 7.55. The van der Waals surface area contributed by atoms with E-state index in [0.717, 1.165) is 40.8 Å². The van der Waals surface area contributed by atoms with Crippen LogP contribution in [0.5, 0.6) is 5.75 Å². The first-order chi connectivity index (χ1) is 14.6. The molecule has 0 bridgehead atoms. The summed E-state index contributed by atoms with van der Waals surface area (Å²) in [4.78, 5) is 20.4. The molecule has 1 aliphatic heterocycles. The minimum absolute atomic E-state index is 0.141. The Morgan fingerprint density at radius 3 is 2.87 bits per heavy atom. The molecule has 0 amide bonds. The van der Waals surface area contributed by atoms with Crippen LogP contribution in [0.1, 0.15) is 30.1 Å². The highest BCUT2D eigenvalue weighted by Gasteiger charge is 2.28. The van der Waals surface area contributed by atoms with E-state index in [1.54, 1.807) is 17.8 Å². The predicted molar refractivity (Wildman–Crippen MR) is 113 cm³/mol. The number of H-pyrrole nitrogens is 1. The van der Waals surface area contributed by atoms with E-state index >= 15 is 0 Å². The van der Waals surface area contributed by atoms with Crippen molar-refractivity contribution in [1.82, 2.24) is 24.1 Å². The largest absolute Gasteiger partial charge is 0.496 e. The smallest absolute Gasteiger partial charge is 0.276 e. The van der Waals surface area contributed by atoms with E-state index < -0.39 is 0 Å². The van der Waals surface area contributed by atoms with Crippen molar-refractivity contribution in [1.29, 1.82) is 0 Å². The summed E-state index contributed by atoms with van der Waals surface area (Å²) in [5.74, 6) is 1.82. The summed E-state index contributed by atoms with van der Waals surface area (Å²) in [6, 6.07) is 5.93. The molecule has 1 fully saturated rings. The SMILES string of the molecule is COc1cccc(-c2cn3nc(-c4nccn4C)[nH]c(=O)c3c2C2CCCO2)c1C. The van der Waals surface area contributed by atoms with E-state index in [1.807, 2.05) is 49.1 Å². The van der Waals surface area contributed by atoms with Gasteiger partial charge in [0.15, 0.2) is 11.6 Å². The zero-order valence-electron chi connectivity index (χ0n) is 17.2. The predicted octanol–water partition coefficient (Wildman–Crippen LogP) is 3.26. The Morgan fingerprint density at radius 2 is 2.17 bits per heavy atom. The number of hydrogen-bond acceptors (Lipinski definition) is 5. The summed E-state index contributed by atoms with van der Waals surface area (Å²) >= 11 is 0. The molecular weight excluding hydrogens is 382 g/mol. The molecule has 1 atom stereocenters. The number of fused-ring (bicyclic) bond motifs is 1. The van der Waals surface area contributed by atoms with Crippen LogP contribution in [-0.4, -0.2) is 37.9 Å². The Bertz CT molecular complexity index is 1290. The number of hydrogen-bond donors (Lipinski definition) is 1. The van der Waals surface area contributed by atoms with Crippen LogP contribution in [0.2, 0.25) is 0 Å². The van der Waals surface area contributed by atoms with Crippen LogP contribution >= 0.6 is 0 Å². The fourth-order valence-electron chi connectivity index (χ4n) is 4.28. The monoisotopic (exact) mass is 405 g/mol. The molecule has 1 aromatic carbocycles. The van der Waals surface area contributed by atoms with Gasteiger partial charge in [-0.05, 0) is 37.0 Å². The van der Waals surface area contributed by atoms with Crippen LogP contribution < -0.4 is 10.3 Å². The highest BCUT2D eigenvalue weighted by molar-refractivity contribution is 5.80. The van der Waals surface area contributed by atoms with Gasteiger partial charge >= 0.3 is 0 Å². The second-order valence-electron chi connectivity index (χ2n) is 7.55. The average molecular weight is 405 g/mol. The fourth-order valence-corrected chi connectivity index (χ4v) is 4.28. The molecule has 30 heavy (non-hydrogen) atoms. The quantitative estimate of drug-likeness (QED) is 0.563. The molecule has 3 aromatic heterocycles. The third-order valence-electron chi connectivity index (χ3n) is 5.76. The number of methoxy groups -OCH3 is 1. The minimum atomic E-state index is -0.208. The zero-order valence-corrected chi connectivity index (χ0v) is 17.2. The number of aryl methyl sites for hydroxylation is 1. The molecule has 0 aliphatic carbocycles. The van der Waals surface area contributed by atoms with Crippen molar-refractivity contribution in [3.63, 3.8) is 0 Å². The van der Waals surface area contributed by atoms with Gasteiger partial charge in [0.2, 0.25) is 0 Å². The van der Waals surface area contributed by atoms with Crippen LogP contribution in [0.3, 0.4) is 0 Å². The van der Waals surface area contributed by atoms with Gasteiger partial charge in [-0.15, -0.1) is 5.10 Å². The van der Waals surface area contributed by atoms with E-state index in [1.165, 1.54) is 0 Å². The van der Waals surface area contributed by atoms with Crippen molar-refractivity contribution >= 4 is 5.52 Å². The number of nitrogens with zero attached hydrogens (tertiary/aromatic N) is 4. The van der Waals surface area contributed by atoms with E-state index in [-0.39, 0.29) is 11.7 Å². The van der Waals surface area contributed by atoms with Crippen LogP contribution in [0.4, 0.5) is 0 Å². The van der Waals surface area contributed by atoms with Crippen molar-refractivity contribution < 1.29 is 9.47 Å². The maximum absolute atomic E-state index is 13.2. The number of ether oxygens (including phenoxy) is 2. The molecule has 1 saturated heterocycles. The van der Waals surface area contributed by atoms with Crippen LogP contribution in [-0.2, 0) is 11.8 Å². The zero-order chi connectivity index (χ0) is 20.8. The molecule has 4 aromatic rings. The molecule has 8 nitrogen and oxygen atoms in total. The Balaban J connectivity index is 1.80. The number of rotatable bonds is 4. The lowest BCUT2D eigenvalue weighted by atomic mass is 9.95. The van der Waals surface area contributed by atoms with Gasteiger partial charge in [-0.1, -0.05) is 12.1 Å². The van der Waals surface area contributed by atoms with Crippen molar-refractivity contribution in [3.05, 3.63) is 58.3 Å². The first kappa shape index (κ1) is 18.6. The number of nitrogens with one attached hydrogen (secondary N) is 1. The van der Waals surface area contributed by atoms with Gasteiger partial charge in [0.25, 0.3) is 5.56 Å². The van der Waals surface area contributed by atoms with Gasteiger partial charge in [-0.2, -0.15) is 0 Å². The summed E-state index contributed by atoms with van der Waals surface area (Å²) < 4.78 is 15.0. The fraction of sp³-hybridized carbons (Fsp3) is 0.318. The highest BCUT2D eigenvalue weighted by atomic mass is 16.5. The summed E-state index contributed by atoms with van der Waals surface area (Å²) in [5.41, 5.74) is 4.13. The molecule has 1 aliphatic rings. The van der Waals surface area contributed by atoms with Gasteiger partial charge < -0.3 is 19.0 Å². The third-order valence-corrected chi connectivity index (χ3v) is 5.76. The van der Waals surface area contributed by atoms with Crippen molar-refractivity contribution in [2.45, 2.75) is 25.9 Å². The molecule has 5 rings (SSSR count).